The van der Waals surface area contributed by atoms with Gasteiger partial charge in [0.15, 0.2) is 5.65 Å². The molecule has 0 spiro atoms. The van der Waals surface area contributed by atoms with Gasteiger partial charge in [0.1, 0.15) is 17.8 Å². The van der Waals surface area contributed by atoms with Gasteiger partial charge in [0.05, 0.1) is 5.97 Å². The number of carboxylic acid groups (broad SMARTS) is 1. The van der Waals surface area contributed by atoms with Gasteiger partial charge in [-0.3, -0.25) is 9.30 Å². The van der Waals surface area contributed by atoms with E-state index in [-0.39, 0.29) is 53.0 Å². The van der Waals surface area contributed by atoms with E-state index in [0.29, 0.717) is 18.9 Å². The average molecular weight is 339 g/mol. The summed E-state index contributed by atoms with van der Waals surface area (Å²) in [6.45, 7) is 7.01. The monoisotopic (exact) mass is 339 g/mol. The molecule has 0 aromatic carbocycles. The van der Waals surface area contributed by atoms with E-state index in [1.165, 1.54) is 6.33 Å². The van der Waals surface area contributed by atoms with E-state index in [0.717, 1.165) is 12.1 Å². The summed E-state index contributed by atoms with van der Waals surface area (Å²) in [6, 6.07) is 1.75. The first-order valence-corrected chi connectivity index (χ1v) is 7.54. The van der Waals surface area contributed by atoms with Crippen LogP contribution in [0.1, 0.15) is 36.5 Å². The molecule has 0 atom stereocenters. The van der Waals surface area contributed by atoms with Crippen molar-refractivity contribution in [3.63, 3.8) is 0 Å². The van der Waals surface area contributed by atoms with Gasteiger partial charge in [-0.05, 0) is 27.2 Å². The molecule has 3 rings (SSSR count). The predicted octanol–water partition coefficient (Wildman–Crippen LogP) is -2.55. The Hall–Kier alpha value is -1.64. The second-order valence-corrected chi connectivity index (χ2v) is 5.90. The molecule has 1 fully saturated rings. The number of urea groups is 1. The van der Waals surface area contributed by atoms with Crippen LogP contribution in [0.15, 0.2) is 12.4 Å². The number of hydrogen-bond acceptors (Lipinski definition) is 5. The third-order valence-corrected chi connectivity index (χ3v) is 4.03. The summed E-state index contributed by atoms with van der Waals surface area (Å²) in [7, 11) is 0. The first-order valence-electron chi connectivity index (χ1n) is 7.54. The van der Waals surface area contributed by atoms with Crippen molar-refractivity contribution in [1.29, 1.82) is 0 Å². The molecule has 0 N–H and O–H groups in total. The number of aromatic nitrogens is 3. The molecule has 1 aliphatic heterocycles. The van der Waals surface area contributed by atoms with Crippen LogP contribution >= 0.6 is 0 Å². The SMILES string of the molecule is Cc1cc(N2CCCN(C(C)C)C2=O)nc2c(C(=O)[O-])ncn12.[Na+]. The molecule has 0 unspecified atom stereocenters. The Bertz CT molecular complexity index is 789. The molecular formula is C15H18N5NaO3. The Morgan fingerprint density at radius 1 is 1.33 bits per heavy atom. The molecule has 0 radical (unpaired) electrons. The van der Waals surface area contributed by atoms with Gasteiger partial charge in [-0.25, -0.2) is 14.8 Å². The van der Waals surface area contributed by atoms with Gasteiger partial charge in [0.2, 0.25) is 0 Å². The summed E-state index contributed by atoms with van der Waals surface area (Å²) in [4.78, 5) is 35.3. The molecule has 2 aromatic rings. The van der Waals surface area contributed by atoms with Crippen LogP contribution in [0.2, 0.25) is 0 Å². The zero-order valence-electron chi connectivity index (χ0n) is 14.3. The Labute approximate surface area is 161 Å². The zero-order valence-corrected chi connectivity index (χ0v) is 16.3. The maximum absolute atomic E-state index is 12.6. The molecule has 3 heterocycles. The van der Waals surface area contributed by atoms with Crippen molar-refractivity contribution in [3.05, 3.63) is 23.8 Å². The molecule has 0 saturated carbocycles. The number of nitrogens with zero attached hydrogens (tertiary/aromatic N) is 5. The van der Waals surface area contributed by atoms with Gasteiger partial charge in [-0.1, -0.05) is 0 Å². The van der Waals surface area contributed by atoms with Gasteiger partial charge in [0.25, 0.3) is 0 Å². The number of carbonyl (C=O) groups excluding carboxylic acids is 2. The largest absolute Gasteiger partial charge is 1.00 e. The van der Waals surface area contributed by atoms with E-state index >= 15 is 0 Å². The van der Waals surface area contributed by atoms with Crippen molar-refractivity contribution in [2.24, 2.45) is 0 Å². The Morgan fingerprint density at radius 2 is 2.04 bits per heavy atom. The van der Waals surface area contributed by atoms with Crippen molar-refractivity contribution in [3.8, 4) is 0 Å². The molecule has 9 heteroatoms. The van der Waals surface area contributed by atoms with Crippen molar-refractivity contribution in [2.45, 2.75) is 33.2 Å². The number of fused-ring (bicyclic) bond motifs is 1. The molecular weight excluding hydrogens is 321 g/mol. The molecule has 8 nitrogen and oxygen atoms in total. The van der Waals surface area contributed by atoms with Crippen LogP contribution in [0.25, 0.3) is 5.65 Å². The van der Waals surface area contributed by atoms with Gasteiger partial charge in [-0.15, -0.1) is 0 Å². The first-order chi connectivity index (χ1) is 10.9. The fourth-order valence-electron chi connectivity index (χ4n) is 2.82. The molecule has 1 aliphatic rings. The number of aromatic carboxylic acids is 1. The minimum absolute atomic E-state index is 0. The topological polar surface area (TPSA) is 93.9 Å². The summed E-state index contributed by atoms with van der Waals surface area (Å²) in [5.74, 6) is -0.946. The summed E-state index contributed by atoms with van der Waals surface area (Å²) < 4.78 is 1.57. The van der Waals surface area contributed by atoms with Crippen LogP contribution in [0.4, 0.5) is 10.6 Å². The quantitative estimate of drug-likeness (QED) is 0.574. The van der Waals surface area contributed by atoms with Crippen molar-refractivity contribution in [1.82, 2.24) is 19.3 Å². The zero-order chi connectivity index (χ0) is 16.7. The number of rotatable bonds is 3. The molecule has 1 saturated heterocycles. The Kier molecular flexibility index (Phi) is 5.52. The van der Waals surface area contributed by atoms with Gasteiger partial charge >= 0.3 is 35.6 Å². The van der Waals surface area contributed by atoms with E-state index in [4.69, 9.17) is 0 Å². The predicted molar refractivity (Wildman–Crippen MR) is 81.3 cm³/mol. The smallest absolute Gasteiger partial charge is 0.543 e. The molecule has 0 aliphatic carbocycles. The van der Waals surface area contributed by atoms with Gasteiger partial charge in [0, 0.05) is 30.9 Å². The van der Waals surface area contributed by atoms with Crippen molar-refractivity contribution < 1.29 is 44.3 Å². The number of carbonyl (C=O) groups is 2. The minimum Gasteiger partial charge on any atom is -0.543 e. The van der Waals surface area contributed by atoms with Gasteiger partial charge in [-0.2, -0.15) is 0 Å². The second-order valence-electron chi connectivity index (χ2n) is 5.90. The van der Waals surface area contributed by atoms with E-state index in [1.807, 2.05) is 20.8 Å². The molecule has 2 amide bonds. The van der Waals surface area contributed by atoms with Crippen LogP contribution < -0.4 is 39.6 Å². The summed E-state index contributed by atoms with van der Waals surface area (Å²) in [5, 5.41) is 11.2. The Balaban J connectivity index is 0.00000208. The van der Waals surface area contributed by atoms with Crippen LogP contribution in [0.3, 0.4) is 0 Å². The third kappa shape index (κ3) is 3.13. The van der Waals surface area contributed by atoms with Crippen LogP contribution in [-0.2, 0) is 0 Å². The molecule has 0 bridgehead atoms. The van der Waals surface area contributed by atoms with Crippen molar-refractivity contribution in [2.75, 3.05) is 18.0 Å². The number of hydrogen-bond donors (Lipinski definition) is 0. The first kappa shape index (κ1) is 18.7. The Morgan fingerprint density at radius 3 is 2.67 bits per heavy atom. The second kappa shape index (κ2) is 7.08. The fraction of sp³-hybridized carbons (Fsp3) is 0.467. The number of anilines is 1. The maximum atomic E-state index is 12.6. The minimum atomic E-state index is -1.38. The standard InChI is InChI=1S/C15H19N5O3.Na/c1-9(2)18-5-4-6-19(15(18)23)11-7-10(3)20-8-16-12(14(21)22)13(20)17-11;/h7-9H,4-6H2,1-3H3,(H,21,22);/q;+1/p-1. The van der Waals surface area contributed by atoms with E-state index < -0.39 is 5.97 Å². The number of amides is 2. The van der Waals surface area contributed by atoms with E-state index in [9.17, 15) is 14.7 Å². The average Bonchev–Trinajstić information content (AvgIpc) is 2.91. The van der Waals surface area contributed by atoms with E-state index in [1.54, 1.807) is 20.3 Å². The molecule has 24 heavy (non-hydrogen) atoms. The maximum Gasteiger partial charge on any atom is 1.00 e. The number of aryl methyl sites for hydroxylation is 1. The summed E-state index contributed by atoms with van der Waals surface area (Å²) >= 11 is 0. The molecule has 2 aromatic heterocycles. The van der Waals surface area contributed by atoms with Crippen LogP contribution in [-0.4, -0.2) is 50.4 Å². The van der Waals surface area contributed by atoms with Crippen LogP contribution in [0.5, 0.6) is 0 Å². The van der Waals surface area contributed by atoms with Gasteiger partial charge < -0.3 is 14.8 Å². The normalized spacial score (nSPS) is 15.1. The van der Waals surface area contributed by atoms with Crippen molar-refractivity contribution >= 4 is 23.5 Å². The number of carboxylic acids is 1. The third-order valence-electron chi connectivity index (χ3n) is 4.03. The number of imidazole rings is 1. The van der Waals surface area contributed by atoms with Crippen LogP contribution in [0, 0.1) is 6.92 Å². The summed E-state index contributed by atoms with van der Waals surface area (Å²) in [6.07, 6.45) is 2.23. The van der Waals surface area contributed by atoms with E-state index in [2.05, 4.69) is 9.97 Å². The fourth-order valence-corrected chi connectivity index (χ4v) is 2.82. The molecule has 122 valence electrons. The summed E-state index contributed by atoms with van der Waals surface area (Å²) in [5.41, 5.74) is 0.717.